The standard InChI is InChI=1S/C12H10N4S/c13-7-10-12(15-4-3-14-10)16-5-1-11-9(8-16)2-6-17-11/h2-4,6H,1,5,8H2. The minimum atomic E-state index is 0.408. The second-order valence-corrected chi connectivity index (χ2v) is 4.88. The molecule has 17 heavy (non-hydrogen) atoms. The predicted molar refractivity (Wildman–Crippen MR) is 65.8 cm³/mol. The van der Waals surface area contributed by atoms with Gasteiger partial charge in [-0.05, 0) is 23.4 Å². The fraction of sp³-hybridized carbons (Fsp3) is 0.250. The van der Waals surface area contributed by atoms with Gasteiger partial charge >= 0.3 is 0 Å². The monoisotopic (exact) mass is 242 g/mol. The molecule has 0 radical (unpaired) electrons. The summed E-state index contributed by atoms with van der Waals surface area (Å²) >= 11 is 1.80. The normalized spacial score (nSPS) is 14.2. The third-order valence-electron chi connectivity index (χ3n) is 2.89. The Balaban J connectivity index is 1.95. The van der Waals surface area contributed by atoms with Crippen molar-refractivity contribution >= 4 is 17.2 Å². The first-order chi connectivity index (χ1) is 8.38. The molecule has 0 atom stereocenters. The van der Waals surface area contributed by atoms with Gasteiger partial charge in [0.25, 0.3) is 0 Å². The van der Waals surface area contributed by atoms with Gasteiger partial charge in [0.05, 0.1) is 0 Å². The summed E-state index contributed by atoms with van der Waals surface area (Å²) in [7, 11) is 0. The number of thiophene rings is 1. The van der Waals surface area contributed by atoms with Crippen molar-refractivity contribution in [1.29, 1.82) is 5.26 Å². The van der Waals surface area contributed by atoms with Gasteiger partial charge in [-0.3, -0.25) is 0 Å². The van der Waals surface area contributed by atoms with Crippen LogP contribution in [0.4, 0.5) is 5.82 Å². The highest BCUT2D eigenvalue weighted by Crippen LogP contribution is 2.27. The van der Waals surface area contributed by atoms with Crippen molar-refractivity contribution < 1.29 is 0 Å². The molecule has 0 aromatic carbocycles. The largest absolute Gasteiger partial charge is 0.349 e. The zero-order valence-electron chi connectivity index (χ0n) is 9.13. The molecule has 84 valence electrons. The molecule has 0 saturated heterocycles. The molecule has 0 amide bonds. The molecule has 2 aromatic heterocycles. The second-order valence-electron chi connectivity index (χ2n) is 3.88. The molecule has 4 nitrogen and oxygen atoms in total. The van der Waals surface area contributed by atoms with Gasteiger partial charge in [0.2, 0.25) is 0 Å². The summed E-state index contributed by atoms with van der Waals surface area (Å²) in [5, 5.41) is 11.1. The first-order valence-corrected chi connectivity index (χ1v) is 6.28. The molecular weight excluding hydrogens is 232 g/mol. The van der Waals surface area contributed by atoms with E-state index in [1.165, 1.54) is 10.4 Å². The second kappa shape index (κ2) is 4.15. The maximum atomic E-state index is 9.03. The summed E-state index contributed by atoms with van der Waals surface area (Å²) in [6.07, 6.45) is 4.22. The lowest BCUT2D eigenvalue weighted by molar-refractivity contribution is 0.728. The average molecular weight is 242 g/mol. The highest BCUT2D eigenvalue weighted by Gasteiger charge is 2.20. The van der Waals surface area contributed by atoms with Gasteiger partial charge in [0.15, 0.2) is 11.5 Å². The molecule has 0 saturated carbocycles. The molecule has 0 N–H and O–H groups in total. The van der Waals surface area contributed by atoms with E-state index in [1.54, 1.807) is 23.7 Å². The Morgan fingerprint density at radius 1 is 1.35 bits per heavy atom. The van der Waals surface area contributed by atoms with Crippen LogP contribution in [0.25, 0.3) is 0 Å². The van der Waals surface area contributed by atoms with E-state index in [2.05, 4.69) is 32.4 Å². The van der Waals surface area contributed by atoms with Crippen molar-refractivity contribution in [1.82, 2.24) is 9.97 Å². The van der Waals surface area contributed by atoms with Crippen LogP contribution in [-0.4, -0.2) is 16.5 Å². The highest BCUT2D eigenvalue weighted by atomic mass is 32.1. The fourth-order valence-electron chi connectivity index (χ4n) is 2.07. The molecule has 0 aliphatic carbocycles. The molecule has 2 aromatic rings. The van der Waals surface area contributed by atoms with E-state index in [1.807, 2.05) is 0 Å². The summed E-state index contributed by atoms with van der Waals surface area (Å²) in [6, 6.07) is 4.25. The van der Waals surface area contributed by atoms with Crippen LogP contribution in [-0.2, 0) is 13.0 Å². The van der Waals surface area contributed by atoms with Gasteiger partial charge in [0.1, 0.15) is 6.07 Å². The van der Waals surface area contributed by atoms with Crippen LogP contribution in [0.1, 0.15) is 16.1 Å². The van der Waals surface area contributed by atoms with E-state index in [9.17, 15) is 0 Å². The van der Waals surface area contributed by atoms with Gasteiger partial charge in [-0.1, -0.05) is 0 Å². The van der Waals surface area contributed by atoms with Crippen molar-refractivity contribution in [3.8, 4) is 6.07 Å². The minimum Gasteiger partial charge on any atom is -0.349 e. The number of aromatic nitrogens is 2. The number of nitriles is 1. The molecule has 3 rings (SSSR count). The van der Waals surface area contributed by atoms with Gasteiger partial charge in [-0.25, -0.2) is 9.97 Å². The Labute approximate surface area is 103 Å². The molecule has 5 heteroatoms. The van der Waals surface area contributed by atoms with E-state index in [0.29, 0.717) is 11.5 Å². The average Bonchev–Trinajstić information content (AvgIpc) is 2.85. The van der Waals surface area contributed by atoms with Crippen molar-refractivity contribution in [2.24, 2.45) is 0 Å². The topological polar surface area (TPSA) is 52.8 Å². The van der Waals surface area contributed by atoms with E-state index >= 15 is 0 Å². The Kier molecular flexibility index (Phi) is 2.50. The highest BCUT2D eigenvalue weighted by molar-refractivity contribution is 7.10. The lowest BCUT2D eigenvalue weighted by Gasteiger charge is -2.27. The number of fused-ring (bicyclic) bond motifs is 1. The first kappa shape index (κ1) is 10.2. The molecule has 0 fully saturated rings. The van der Waals surface area contributed by atoms with Gasteiger partial charge < -0.3 is 4.90 Å². The minimum absolute atomic E-state index is 0.408. The third-order valence-corrected chi connectivity index (χ3v) is 3.92. The Morgan fingerprint density at radius 3 is 3.12 bits per heavy atom. The van der Waals surface area contributed by atoms with Crippen molar-refractivity contribution in [3.63, 3.8) is 0 Å². The van der Waals surface area contributed by atoms with Gasteiger partial charge in [0, 0.05) is 30.4 Å². The predicted octanol–water partition coefficient (Wildman–Crippen LogP) is 1.97. The van der Waals surface area contributed by atoms with Crippen LogP contribution in [0.15, 0.2) is 23.8 Å². The van der Waals surface area contributed by atoms with Crippen molar-refractivity contribution in [2.75, 3.05) is 11.4 Å². The number of rotatable bonds is 1. The summed E-state index contributed by atoms with van der Waals surface area (Å²) in [4.78, 5) is 11.9. The molecule has 0 unspecified atom stereocenters. The SMILES string of the molecule is N#Cc1nccnc1N1CCc2sccc2C1. The van der Waals surface area contributed by atoms with Gasteiger partial charge in [-0.2, -0.15) is 5.26 Å². The fourth-order valence-corrected chi connectivity index (χ4v) is 2.96. The summed E-state index contributed by atoms with van der Waals surface area (Å²) in [6.45, 7) is 1.73. The van der Waals surface area contributed by atoms with E-state index in [-0.39, 0.29) is 0 Å². The van der Waals surface area contributed by atoms with Crippen molar-refractivity contribution in [2.45, 2.75) is 13.0 Å². The molecule has 0 spiro atoms. The van der Waals surface area contributed by atoms with E-state index in [4.69, 9.17) is 5.26 Å². The number of anilines is 1. The zero-order chi connectivity index (χ0) is 11.7. The van der Waals surface area contributed by atoms with Gasteiger partial charge in [-0.15, -0.1) is 11.3 Å². The number of hydrogen-bond acceptors (Lipinski definition) is 5. The maximum absolute atomic E-state index is 9.03. The molecule has 0 bridgehead atoms. The third kappa shape index (κ3) is 1.77. The van der Waals surface area contributed by atoms with Crippen molar-refractivity contribution in [3.05, 3.63) is 40.0 Å². The lowest BCUT2D eigenvalue weighted by atomic mass is 10.1. The molecule has 1 aliphatic rings. The van der Waals surface area contributed by atoms with E-state index < -0.39 is 0 Å². The van der Waals surface area contributed by atoms with Crippen LogP contribution in [0.5, 0.6) is 0 Å². The van der Waals surface area contributed by atoms with Crippen LogP contribution in [0, 0.1) is 11.3 Å². The quantitative estimate of drug-likeness (QED) is 0.767. The maximum Gasteiger partial charge on any atom is 0.183 e. The summed E-state index contributed by atoms with van der Waals surface area (Å²) < 4.78 is 0. The molecule has 1 aliphatic heterocycles. The lowest BCUT2D eigenvalue weighted by Crippen LogP contribution is -2.30. The first-order valence-electron chi connectivity index (χ1n) is 5.40. The number of nitrogens with zero attached hydrogens (tertiary/aromatic N) is 4. The Bertz CT molecular complexity index is 584. The number of hydrogen-bond donors (Lipinski definition) is 0. The van der Waals surface area contributed by atoms with E-state index in [0.717, 1.165) is 19.5 Å². The van der Waals surface area contributed by atoms with Crippen LogP contribution in [0.2, 0.25) is 0 Å². The summed E-state index contributed by atoms with van der Waals surface area (Å²) in [5.74, 6) is 0.701. The smallest absolute Gasteiger partial charge is 0.183 e. The summed E-state index contributed by atoms with van der Waals surface area (Å²) in [5.41, 5.74) is 1.75. The zero-order valence-corrected chi connectivity index (χ0v) is 9.94. The van der Waals surface area contributed by atoms with Crippen LogP contribution in [0.3, 0.4) is 0 Å². The molecule has 3 heterocycles. The van der Waals surface area contributed by atoms with Crippen LogP contribution < -0.4 is 4.90 Å². The van der Waals surface area contributed by atoms with Crippen LogP contribution >= 0.6 is 11.3 Å². The Morgan fingerprint density at radius 2 is 2.24 bits per heavy atom. The Hall–Kier alpha value is -1.93. The molecular formula is C12H10N4S.